The molecule has 22 heavy (non-hydrogen) atoms. The lowest BCUT2D eigenvalue weighted by molar-refractivity contribution is -0.135. The molecule has 3 rings (SSSR count). The average Bonchev–Trinajstić information content (AvgIpc) is 2.57. The lowest BCUT2D eigenvalue weighted by Crippen LogP contribution is -2.52. The maximum Gasteiger partial charge on any atom is 0.236 e. The van der Waals surface area contributed by atoms with Crippen molar-refractivity contribution < 1.29 is 9.53 Å². The van der Waals surface area contributed by atoms with Crippen LogP contribution in [0.4, 0.5) is 0 Å². The quantitative estimate of drug-likeness (QED) is 0.787. The molecule has 1 amide bonds. The maximum absolute atomic E-state index is 12.3. The molecule has 1 aromatic rings. The Morgan fingerprint density at radius 2 is 1.82 bits per heavy atom. The van der Waals surface area contributed by atoms with Gasteiger partial charge in [-0.3, -0.25) is 19.6 Å². The first-order chi connectivity index (χ1) is 10.8. The SMILES string of the molecule is O=C(CN1CCOCC1)N1CCN(Cc2ccccn2)CC1. The van der Waals surface area contributed by atoms with E-state index >= 15 is 0 Å². The number of piperazine rings is 1. The first kappa shape index (κ1) is 15.4. The summed E-state index contributed by atoms with van der Waals surface area (Å²) in [5.74, 6) is 0.249. The highest BCUT2D eigenvalue weighted by molar-refractivity contribution is 5.78. The van der Waals surface area contributed by atoms with Crippen LogP contribution < -0.4 is 0 Å². The summed E-state index contributed by atoms with van der Waals surface area (Å²) in [5.41, 5.74) is 1.09. The van der Waals surface area contributed by atoms with Crippen LogP contribution in [0.1, 0.15) is 5.69 Å². The number of carbonyl (C=O) groups excluding carboxylic acids is 1. The number of rotatable bonds is 4. The summed E-state index contributed by atoms with van der Waals surface area (Å²) in [7, 11) is 0. The highest BCUT2D eigenvalue weighted by Gasteiger charge is 2.23. The van der Waals surface area contributed by atoms with Crippen molar-refractivity contribution in [3.05, 3.63) is 30.1 Å². The predicted molar refractivity (Wildman–Crippen MR) is 83.4 cm³/mol. The van der Waals surface area contributed by atoms with E-state index in [1.54, 1.807) is 0 Å². The van der Waals surface area contributed by atoms with Crippen molar-refractivity contribution in [1.29, 1.82) is 0 Å². The van der Waals surface area contributed by atoms with Crippen molar-refractivity contribution in [3.8, 4) is 0 Å². The number of aromatic nitrogens is 1. The maximum atomic E-state index is 12.3. The fourth-order valence-electron chi connectivity index (χ4n) is 2.93. The van der Waals surface area contributed by atoms with Crippen LogP contribution in [0.3, 0.4) is 0 Å². The zero-order valence-electron chi connectivity index (χ0n) is 13.0. The molecule has 0 atom stereocenters. The zero-order valence-corrected chi connectivity index (χ0v) is 13.0. The lowest BCUT2D eigenvalue weighted by Gasteiger charge is -2.36. The van der Waals surface area contributed by atoms with Crippen LogP contribution in [0.5, 0.6) is 0 Å². The van der Waals surface area contributed by atoms with E-state index in [9.17, 15) is 4.79 Å². The van der Waals surface area contributed by atoms with Gasteiger partial charge in [0, 0.05) is 52.0 Å². The Hall–Kier alpha value is -1.50. The van der Waals surface area contributed by atoms with Crippen LogP contribution >= 0.6 is 0 Å². The predicted octanol–water partition coefficient (Wildman–Crippen LogP) is 0.0580. The molecule has 0 aromatic carbocycles. The van der Waals surface area contributed by atoms with Gasteiger partial charge >= 0.3 is 0 Å². The van der Waals surface area contributed by atoms with E-state index in [1.807, 2.05) is 23.2 Å². The first-order valence-electron chi connectivity index (χ1n) is 8.01. The second-order valence-electron chi connectivity index (χ2n) is 5.87. The minimum Gasteiger partial charge on any atom is -0.379 e. The van der Waals surface area contributed by atoms with Gasteiger partial charge in [0.1, 0.15) is 0 Å². The number of hydrogen-bond acceptors (Lipinski definition) is 5. The molecular formula is C16H24N4O2. The Kier molecular flexibility index (Phi) is 5.37. The molecule has 0 bridgehead atoms. The van der Waals surface area contributed by atoms with Gasteiger partial charge in [-0.25, -0.2) is 0 Å². The number of amides is 1. The number of morpholine rings is 1. The van der Waals surface area contributed by atoms with Gasteiger partial charge in [0.05, 0.1) is 25.5 Å². The molecule has 0 aliphatic carbocycles. The molecule has 0 unspecified atom stereocenters. The molecule has 3 heterocycles. The molecule has 2 saturated heterocycles. The third kappa shape index (κ3) is 4.25. The highest BCUT2D eigenvalue weighted by Crippen LogP contribution is 2.08. The second kappa shape index (κ2) is 7.67. The van der Waals surface area contributed by atoms with E-state index in [2.05, 4.69) is 20.9 Å². The Morgan fingerprint density at radius 1 is 1.05 bits per heavy atom. The van der Waals surface area contributed by atoms with Crippen LogP contribution in [0.25, 0.3) is 0 Å². The van der Waals surface area contributed by atoms with Crippen molar-refractivity contribution >= 4 is 5.91 Å². The van der Waals surface area contributed by atoms with E-state index in [-0.39, 0.29) is 5.91 Å². The van der Waals surface area contributed by atoms with Gasteiger partial charge in [0.15, 0.2) is 0 Å². The molecular weight excluding hydrogens is 280 g/mol. The third-order valence-corrected chi connectivity index (χ3v) is 4.30. The van der Waals surface area contributed by atoms with Crippen molar-refractivity contribution in [2.75, 3.05) is 59.0 Å². The van der Waals surface area contributed by atoms with E-state index in [0.717, 1.165) is 64.7 Å². The summed E-state index contributed by atoms with van der Waals surface area (Å²) < 4.78 is 5.32. The number of carbonyl (C=O) groups is 1. The number of hydrogen-bond donors (Lipinski definition) is 0. The highest BCUT2D eigenvalue weighted by atomic mass is 16.5. The fraction of sp³-hybridized carbons (Fsp3) is 0.625. The lowest BCUT2D eigenvalue weighted by atomic mass is 10.2. The van der Waals surface area contributed by atoms with Crippen molar-refractivity contribution in [1.82, 2.24) is 19.7 Å². The molecule has 0 saturated carbocycles. The number of pyridine rings is 1. The molecule has 0 N–H and O–H groups in total. The van der Waals surface area contributed by atoms with Crippen LogP contribution in [0.2, 0.25) is 0 Å². The van der Waals surface area contributed by atoms with Gasteiger partial charge in [-0.2, -0.15) is 0 Å². The number of ether oxygens (including phenoxy) is 1. The Labute approximate surface area is 131 Å². The summed E-state index contributed by atoms with van der Waals surface area (Å²) in [6, 6.07) is 6.01. The van der Waals surface area contributed by atoms with Gasteiger partial charge < -0.3 is 9.64 Å². The second-order valence-corrected chi connectivity index (χ2v) is 5.87. The summed E-state index contributed by atoms with van der Waals surface area (Å²) in [5, 5.41) is 0. The van der Waals surface area contributed by atoms with E-state index in [1.165, 1.54) is 0 Å². The van der Waals surface area contributed by atoms with Gasteiger partial charge in [-0.15, -0.1) is 0 Å². The van der Waals surface area contributed by atoms with E-state index in [4.69, 9.17) is 4.74 Å². The van der Waals surface area contributed by atoms with Crippen LogP contribution in [-0.2, 0) is 16.1 Å². The largest absolute Gasteiger partial charge is 0.379 e. The summed E-state index contributed by atoms with van der Waals surface area (Å²) >= 11 is 0. The van der Waals surface area contributed by atoms with Crippen molar-refractivity contribution in [3.63, 3.8) is 0 Å². The first-order valence-corrected chi connectivity index (χ1v) is 8.01. The van der Waals surface area contributed by atoms with Gasteiger partial charge in [0.2, 0.25) is 5.91 Å². The summed E-state index contributed by atoms with van der Waals surface area (Å²) in [6.07, 6.45) is 1.83. The smallest absolute Gasteiger partial charge is 0.236 e. The molecule has 0 radical (unpaired) electrons. The standard InChI is InChI=1S/C16H24N4O2/c21-16(14-19-9-11-22-12-10-19)20-7-5-18(6-8-20)13-15-3-1-2-4-17-15/h1-4H,5-14H2. The van der Waals surface area contributed by atoms with Gasteiger partial charge in [0.25, 0.3) is 0 Å². The Bertz CT molecular complexity index is 468. The third-order valence-electron chi connectivity index (χ3n) is 4.30. The van der Waals surface area contributed by atoms with Crippen molar-refractivity contribution in [2.45, 2.75) is 6.54 Å². The van der Waals surface area contributed by atoms with Gasteiger partial charge in [-0.05, 0) is 12.1 Å². The minimum atomic E-state index is 0.249. The van der Waals surface area contributed by atoms with E-state index < -0.39 is 0 Å². The topological polar surface area (TPSA) is 48.9 Å². The molecule has 120 valence electrons. The zero-order chi connectivity index (χ0) is 15.2. The Morgan fingerprint density at radius 3 is 2.50 bits per heavy atom. The minimum absolute atomic E-state index is 0.249. The molecule has 0 spiro atoms. The Balaban J connectivity index is 1.42. The summed E-state index contributed by atoms with van der Waals surface area (Å²) in [4.78, 5) is 23.2. The molecule has 6 nitrogen and oxygen atoms in total. The molecule has 1 aromatic heterocycles. The molecule has 2 aliphatic rings. The van der Waals surface area contributed by atoms with Crippen LogP contribution in [0.15, 0.2) is 24.4 Å². The van der Waals surface area contributed by atoms with Crippen LogP contribution in [0, 0.1) is 0 Å². The normalized spacial score (nSPS) is 21.0. The van der Waals surface area contributed by atoms with Crippen LogP contribution in [-0.4, -0.2) is 84.6 Å². The summed E-state index contributed by atoms with van der Waals surface area (Å²) in [6.45, 7) is 8.09. The molecule has 2 fully saturated rings. The van der Waals surface area contributed by atoms with E-state index in [0.29, 0.717) is 6.54 Å². The number of nitrogens with zero attached hydrogens (tertiary/aromatic N) is 4. The molecule has 2 aliphatic heterocycles. The average molecular weight is 304 g/mol. The molecule has 6 heteroatoms. The fourth-order valence-corrected chi connectivity index (χ4v) is 2.93. The van der Waals surface area contributed by atoms with Crippen molar-refractivity contribution in [2.24, 2.45) is 0 Å². The van der Waals surface area contributed by atoms with Gasteiger partial charge in [-0.1, -0.05) is 6.07 Å². The monoisotopic (exact) mass is 304 g/mol.